The molecule has 0 aromatic heterocycles. The molecule has 3 nitrogen and oxygen atoms in total. The number of methoxy groups -OCH3 is 1. The minimum absolute atomic E-state index is 0.439. The third-order valence-corrected chi connectivity index (χ3v) is 4.14. The summed E-state index contributed by atoms with van der Waals surface area (Å²) >= 11 is 0. The van der Waals surface area contributed by atoms with Gasteiger partial charge >= 0.3 is 0 Å². The summed E-state index contributed by atoms with van der Waals surface area (Å²) in [4.78, 5) is 2.53. The van der Waals surface area contributed by atoms with Crippen LogP contribution in [0.15, 0.2) is 30.3 Å². The first-order valence-corrected chi connectivity index (χ1v) is 7.87. The van der Waals surface area contributed by atoms with Crippen molar-refractivity contribution < 1.29 is 4.74 Å². The maximum atomic E-state index is 5.44. The lowest BCUT2D eigenvalue weighted by molar-refractivity contribution is 0.107. The quantitative estimate of drug-likeness (QED) is 0.790. The number of hydrogen-bond acceptors (Lipinski definition) is 3. The molecule has 3 heteroatoms. The van der Waals surface area contributed by atoms with E-state index in [2.05, 4.69) is 47.5 Å². The molecule has 0 radical (unpaired) electrons. The fourth-order valence-electron chi connectivity index (χ4n) is 2.89. The zero-order chi connectivity index (χ0) is 14.2. The molecule has 0 amide bonds. The van der Waals surface area contributed by atoms with Crippen LogP contribution in [0.4, 0.5) is 0 Å². The summed E-state index contributed by atoms with van der Waals surface area (Å²) in [5.74, 6) is 0. The van der Waals surface area contributed by atoms with Gasteiger partial charge in [-0.15, -0.1) is 0 Å². The van der Waals surface area contributed by atoms with E-state index in [1.165, 1.54) is 31.4 Å². The van der Waals surface area contributed by atoms with Crippen LogP contribution in [0.25, 0.3) is 0 Å². The van der Waals surface area contributed by atoms with E-state index in [1.807, 2.05) is 7.11 Å². The summed E-state index contributed by atoms with van der Waals surface area (Å²) in [7, 11) is 1.82. The Morgan fingerprint density at radius 2 is 2.15 bits per heavy atom. The summed E-state index contributed by atoms with van der Waals surface area (Å²) in [5.41, 5.74) is 1.41. The third-order valence-electron chi connectivity index (χ3n) is 4.14. The van der Waals surface area contributed by atoms with Crippen LogP contribution in [0, 0.1) is 0 Å². The molecule has 0 saturated carbocycles. The zero-order valence-corrected chi connectivity index (χ0v) is 12.8. The highest BCUT2D eigenvalue weighted by Crippen LogP contribution is 2.19. The van der Waals surface area contributed by atoms with Gasteiger partial charge in [0.05, 0.1) is 6.10 Å². The minimum Gasteiger partial charge on any atom is -0.380 e. The molecule has 112 valence electrons. The van der Waals surface area contributed by atoms with Gasteiger partial charge in [0.25, 0.3) is 0 Å². The van der Waals surface area contributed by atoms with Crippen LogP contribution in [-0.4, -0.2) is 44.3 Å². The van der Waals surface area contributed by atoms with Gasteiger partial charge in [0.2, 0.25) is 0 Å². The fraction of sp³-hybridized carbons (Fsp3) is 0.647. The highest BCUT2D eigenvalue weighted by Gasteiger charge is 2.22. The zero-order valence-electron chi connectivity index (χ0n) is 12.8. The second-order valence-electron chi connectivity index (χ2n) is 5.65. The van der Waals surface area contributed by atoms with E-state index in [1.54, 1.807) is 0 Å². The normalized spacial score (nSPS) is 21.2. The monoisotopic (exact) mass is 276 g/mol. The Morgan fingerprint density at radius 3 is 2.80 bits per heavy atom. The van der Waals surface area contributed by atoms with Crippen molar-refractivity contribution in [1.82, 2.24) is 10.2 Å². The highest BCUT2D eigenvalue weighted by atomic mass is 16.5. The second kappa shape index (κ2) is 8.40. The van der Waals surface area contributed by atoms with Gasteiger partial charge in [-0.25, -0.2) is 0 Å². The van der Waals surface area contributed by atoms with Gasteiger partial charge in [-0.3, -0.25) is 0 Å². The highest BCUT2D eigenvalue weighted by molar-refractivity contribution is 5.18. The van der Waals surface area contributed by atoms with Crippen molar-refractivity contribution in [3.8, 4) is 0 Å². The average Bonchev–Trinajstić information content (AvgIpc) is 2.96. The maximum absolute atomic E-state index is 5.44. The van der Waals surface area contributed by atoms with Crippen LogP contribution >= 0.6 is 0 Å². The molecule has 1 fully saturated rings. The number of likely N-dealkylation sites (tertiary alicyclic amines) is 1. The summed E-state index contributed by atoms with van der Waals surface area (Å²) in [6.07, 6.45) is 3.96. The molecule has 1 heterocycles. The molecule has 2 rings (SSSR count). The lowest BCUT2D eigenvalue weighted by atomic mass is 10.0. The Morgan fingerprint density at radius 1 is 1.35 bits per heavy atom. The van der Waals surface area contributed by atoms with E-state index >= 15 is 0 Å². The molecular formula is C17H28N2O. The largest absolute Gasteiger partial charge is 0.380 e. The van der Waals surface area contributed by atoms with Gasteiger partial charge in [-0.1, -0.05) is 37.3 Å². The molecule has 20 heavy (non-hydrogen) atoms. The number of nitrogens with zero attached hydrogens (tertiary/aromatic N) is 1. The van der Waals surface area contributed by atoms with E-state index in [4.69, 9.17) is 4.74 Å². The molecule has 1 saturated heterocycles. The molecule has 1 aromatic rings. The Kier molecular flexibility index (Phi) is 6.51. The van der Waals surface area contributed by atoms with Crippen LogP contribution in [0.3, 0.4) is 0 Å². The molecule has 1 aliphatic rings. The SMILES string of the molecule is CCCNC(CCN1CCC(OC)C1)c1ccccc1. The summed E-state index contributed by atoms with van der Waals surface area (Å²) in [6, 6.07) is 11.3. The number of nitrogens with one attached hydrogen (secondary N) is 1. The Bertz CT molecular complexity index is 369. The predicted molar refractivity (Wildman–Crippen MR) is 83.9 cm³/mol. The summed E-state index contributed by atoms with van der Waals surface area (Å²) in [6.45, 7) is 6.72. The first-order chi connectivity index (χ1) is 9.83. The number of benzene rings is 1. The van der Waals surface area contributed by atoms with Crippen LogP contribution in [0.2, 0.25) is 0 Å². The van der Waals surface area contributed by atoms with Crippen LogP contribution in [0.5, 0.6) is 0 Å². The standard InChI is InChI=1S/C17H28N2O/c1-3-11-18-17(15-7-5-4-6-8-15)10-13-19-12-9-16(14-19)20-2/h4-8,16-18H,3,9-14H2,1-2H3. The molecule has 0 aliphatic carbocycles. The van der Waals surface area contributed by atoms with Crippen molar-refractivity contribution in [2.24, 2.45) is 0 Å². The van der Waals surface area contributed by atoms with Crippen molar-refractivity contribution in [3.05, 3.63) is 35.9 Å². The molecular weight excluding hydrogens is 248 g/mol. The maximum Gasteiger partial charge on any atom is 0.0710 e. The minimum atomic E-state index is 0.439. The van der Waals surface area contributed by atoms with E-state index in [0.29, 0.717) is 12.1 Å². The van der Waals surface area contributed by atoms with E-state index < -0.39 is 0 Å². The molecule has 0 spiro atoms. The Labute approximate surface area is 123 Å². The topological polar surface area (TPSA) is 24.5 Å². The average molecular weight is 276 g/mol. The molecule has 0 bridgehead atoms. The van der Waals surface area contributed by atoms with E-state index in [9.17, 15) is 0 Å². The van der Waals surface area contributed by atoms with Crippen molar-refractivity contribution in [3.63, 3.8) is 0 Å². The molecule has 2 unspecified atom stereocenters. The van der Waals surface area contributed by atoms with Gasteiger partial charge in [-0.2, -0.15) is 0 Å². The first kappa shape index (κ1) is 15.5. The van der Waals surface area contributed by atoms with Gasteiger partial charge in [-0.05, 0) is 31.4 Å². The van der Waals surface area contributed by atoms with Crippen LogP contribution in [0.1, 0.15) is 37.8 Å². The van der Waals surface area contributed by atoms with Crippen LogP contribution < -0.4 is 5.32 Å². The van der Waals surface area contributed by atoms with Gasteiger partial charge in [0.15, 0.2) is 0 Å². The molecule has 1 aromatic carbocycles. The smallest absolute Gasteiger partial charge is 0.0710 e. The van der Waals surface area contributed by atoms with Gasteiger partial charge in [0.1, 0.15) is 0 Å². The lowest BCUT2D eigenvalue weighted by Crippen LogP contribution is -2.29. The van der Waals surface area contributed by atoms with Crippen molar-refractivity contribution in [2.45, 2.75) is 38.3 Å². The van der Waals surface area contributed by atoms with Crippen molar-refractivity contribution >= 4 is 0 Å². The van der Waals surface area contributed by atoms with E-state index in [0.717, 1.165) is 19.6 Å². The second-order valence-corrected chi connectivity index (χ2v) is 5.65. The van der Waals surface area contributed by atoms with E-state index in [-0.39, 0.29) is 0 Å². The molecule has 1 aliphatic heterocycles. The van der Waals surface area contributed by atoms with Gasteiger partial charge in [0, 0.05) is 32.8 Å². The Balaban J connectivity index is 1.85. The fourth-order valence-corrected chi connectivity index (χ4v) is 2.89. The lowest BCUT2D eigenvalue weighted by Gasteiger charge is -2.23. The van der Waals surface area contributed by atoms with Gasteiger partial charge < -0.3 is 15.0 Å². The predicted octanol–water partition coefficient (Wildman–Crippen LogP) is 2.84. The summed E-state index contributed by atoms with van der Waals surface area (Å²) < 4.78 is 5.44. The Hall–Kier alpha value is -0.900. The number of rotatable bonds is 8. The molecule has 1 N–H and O–H groups in total. The summed E-state index contributed by atoms with van der Waals surface area (Å²) in [5, 5.41) is 3.68. The third kappa shape index (κ3) is 4.58. The first-order valence-electron chi connectivity index (χ1n) is 7.87. The van der Waals surface area contributed by atoms with Crippen LogP contribution in [-0.2, 0) is 4.74 Å². The van der Waals surface area contributed by atoms with Crippen molar-refractivity contribution in [2.75, 3.05) is 33.3 Å². The number of ether oxygens (including phenoxy) is 1. The molecule has 2 atom stereocenters. The number of hydrogen-bond donors (Lipinski definition) is 1. The van der Waals surface area contributed by atoms with Crippen molar-refractivity contribution in [1.29, 1.82) is 0 Å².